The van der Waals surface area contributed by atoms with Gasteiger partial charge in [-0.2, -0.15) is 0 Å². The molecular weight excluding hydrogens is 274 g/mol. The number of benzene rings is 1. The van der Waals surface area contributed by atoms with Crippen LogP contribution in [0.25, 0.3) is 0 Å². The van der Waals surface area contributed by atoms with Gasteiger partial charge >= 0.3 is 0 Å². The van der Waals surface area contributed by atoms with Crippen LogP contribution in [0.5, 0.6) is 0 Å². The summed E-state index contributed by atoms with van der Waals surface area (Å²) in [7, 11) is 4.95. The molecule has 0 spiro atoms. The van der Waals surface area contributed by atoms with E-state index >= 15 is 0 Å². The number of hydrogen-bond acceptors (Lipinski definition) is 5. The predicted octanol–water partition coefficient (Wildman–Crippen LogP) is 1.50. The van der Waals surface area contributed by atoms with Gasteiger partial charge in [-0.3, -0.25) is 14.9 Å². The van der Waals surface area contributed by atoms with Gasteiger partial charge in [-0.25, -0.2) is 0 Å². The van der Waals surface area contributed by atoms with Crippen molar-refractivity contribution in [2.45, 2.75) is 19.4 Å². The summed E-state index contributed by atoms with van der Waals surface area (Å²) in [5.74, 6) is -0.213. The average molecular weight is 295 g/mol. The van der Waals surface area contributed by atoms with Crippen LogP contribution < -0.4 is 4.90 Å². The summed E-state index contributed by atoms with van der Waals surface area (Å²) in [5, 5.41) is 20.4. The van der Waals surface area contributed by atoms with E-state index in [0.29, 0.717) is 24.2 Å². The number of carbonyl (C=O) groups is 1. The molecule has 0 radical (unpaired) electrons. The predicted molar refractivity (Wildman–Crippen MR) is 80.7 cm³/mol. The minimum Gasteiger partial charge on any atom is -0.393 e. The van der Waals surface area contributed by atoms with Crippen molar-refractivity contribution in [2.24, 2.45) is 0 Å². The van der Waals surface area contributed by atoms with Crippen molar-refractivity contribution in [1.82, 2.24) is 4.90 Å². The van der Waals surface area contributed by atoms with Gasteiger partial charge in [-0.05, 0) is 25.5 Å². The first kappa shape index (κ1) is 16.9. The molecule has 21 heavy (non-hydrogen) atoms. The molecule has 0 aliphatic carbocycles. The summed E-state index contributed by atoms with van der Waals surface area (Å²) in [6.07, 6.45) is -0.00225. The number of aliphatic hydroxyl groups is 1. The van der Waals surface area contributed by atoms with Crippen molar-refractivity contribution in [3.05, 3.63) is 33.9 Å². The molecule has 0 bridgehead atoms. The number of nitro groups is 1. The highest BCUT2D eigenvalue weighted by Crippen LogP contribution is 2.29. The smallest absolute Gasteiger partial charge is 0.292 e. The number of carbonyl (C=O) groups excluding carboxylic acids is 1. The molecule has 7 heteroatoms. The second kappa shape index (κ2) is 7.03. The lowest BCUT2D eigenvalue weighted by Crippen LogP contribution is -2.25. The first-order valence-electron chi connectivity index (χ1n) is 6.63. The van der Waals surface area contributed by atoms with Crippen LogP contribution in [0.4, 0.5) is 11.4 Å². The minimum atomic E-state index is -0.488. The fraction of sp³-hybridized carbons (Fsp3) is 0.500. The van der Waals surface area contributed by atoms with Gasteiger partial charge in [0.2, 0.25) is 0 Å². The molecule has 1 aromatic rings. The summed E-state index contributed by atoms with van der Waals surface area (Å²) in [4.78, 5) is 25.7. The standard InChI is InChI=1S/C14H21N3O4/c1-10(18)7-8-16(4)13-9-11(14(19)15(2)3)5-6-12(13)17(20)21/h5-6,9-10,18H,7-8H2,1-4H3. The van der Waals surface area contributed by atoms with Gasteiger partial charge in [-0.1, -0.05) is 0 Å². The van der Waals surface area contributed by atoms with Gasteiger partial charge in [0.15, 0.2) is 0 Å². The molecule has 0 heterocycles. The molecule has 0 fully saturated rings. The lowest BCUT2D eigenvalue weighted by Gasteiger charge is -2.21. The van der Waals surface area contributed by atoms with Crippen LogP contribution in [0.2, 0.25) is 0 Å². The zero-order chi connectivity index (χ0) is 16.2. The largest absolute Gasteiger partial charge is 0.393 e. The van der Waals surface area contributed by atoms with Gasteiger partial charge < -0.3 is 14.9 Å². The number of hydrogen-bond donors (Lipinski definition) is 1. The molecule has 0 aliphatic rings. The number of nitro benzene ring substituents is 1. The average Bonchev–Trinajstić information content (AvgIpc) is 2.42. The molecule has 0 saturated carbocycles. The molecule has 0 aromatic heterocycles. The second-order valence-corrected chi connectivity index (χ2v) is 5.22. The van der Waals surface area contributed by atoms with Crippen LogP contribution in [-0.4, -0.2) is 54.6 Å². The minimum absolute atomic E-state index is 0.0570. The summed E-state index contributed by atoms with van der Waals surface area (Å²) >= 11 is 0. The highest BCUT2D eigenvalue weighted by atomic mass is 16.6. The zero-order valence-corrected chi connectivity index (χ0v) is 12.7. The Bertz CT molecular complexity index is 529. The van der Waals surface area contributed by atoms with Crippen molar-refractivity contribution in [3.63, 3.8) is 0 Å². The maximum atomic E-state index is 12.0. The van der Waals surface area contributed by atoms with Crippen molar-refractivity contribution >= 4 is 17.3 Å². The van der Waals surface area contributed by atoms with E-state index in [1.54, 1.807) is 33.0 Å². The zero-order valence-electron chi connectivity index (χ0n) is 12.7. The van der Waals surface area contributed by atoms with Crippen molar-refractivity contribution in [2.75, 3.05) is 32.6 Å². The molecule has 7 nitrogen and oxygen atoms in total. The SMILES string of the molecule is CC(O)CCN(C)c1cc(C(=O)N(C)C)ccc1[N+](=O)[O-]. The van der Waals surface area contributed by atoms with E-state index in [9.17, 15) is 20.0 Å². The number of rotatable bonds is 6. The van der Waals surface area contributed by atoms with Crippen molar-refractivity contribution in [3.8, 4) is 0 Å². The number of amides is 1. The lowest BCUT2D eigenvalue weighted by molar-refractivity contribution is -0.384. The molecule has 1 unspecified atom stereocenters. The van der Waals surface area contributed by atoms with Gasteiger partial charge in [0.25, 0.3) is 11.6 Å². The maximum Gasteiger partial charge on any atom is 0.292 e. The Kier molecular flexibility index (Phi) is 5.66. The number of nitrogens with zero attached hydrogens (tertiary/aromatic N) is 3. The Hall–Kier alpha value is -2.15. The molecule has 1 aromatic carbocycles. The molecule has 1 amide bonds. The third-order valence-corrected chi connectivity index (χ3v) is 3.12. The van der Waals surface area contributed by atoms with Crippen molar-refractivity contribution in [1.29, 1.82) is 0 Å². The fourth-order valence-electron chi connectivity index (χ4n) is 1.88. The summed E-state index contributed by atoms with van der Waals surface area (Å²) in [5.41, 5.74) is 0.705. The number of anilines is 1. The van der Waals surface area contributed by atoms with Crippen molar-refractivity contribution < 1.29 is 14.8 Å². The van der Waals surface area contributed by atoms with E-state index < -0.39 is 11.0 Å². The van der Waals surface area contributed by atoms with Crippen LogP contribution in [-0.2, 0) is 0 Å². The van der Waals surface area contributed by atoms with E-state index in [1.165, 1.54) is 23.1 Å². The topological polar surface area (TPSA) is 86.9 Å². The third-order valence-electron chi connectivity index (χ3n) is 3.12. The Balaban J connectivity index is 3.15. The Morgan fingerprint density at radius 1 is 1.38 bits per heavy atom. The normalized spacial score (nSPS) is 11.9. The van der Waals surface area contributed by atoms with E-state index in [0.717, 1.165) is 0 Å². The monoisotopic (exact) mass is 295 g/mol. The molecular formula is C14H21N3O4. The van der Waals surface area contributed by atoms with Crippen LogP contribution >= 0.6 is 0 Å². The molecule has 1 atom stereocenters. The van der Waals surface area contributed by atoms with Crippen LogP contribution in [0, 0.1) is 10.1 Å². The fourth-order valence-corrected chi connectivity index (χ4v) is 1.88. The Morgan fingerprint density at radius 3 is 2.48 bits per heavy atom. The van der Waals surface area contributed by atoms with E-state index in [4.69, 9.17) is 0 Å². The van der Waals surface area contributed by atoms with Gasteiger partial charge in [0.1, 0.15) is 5.69 Å². The molecule has 1 N–H and O–H groups in total. The Morgan fingerprint density at radius 2 is 2.00 bits per heavy atom. The van der Waals surface area contributed by atoms with E-state index in [1.807, 2.05) is 0 Å². The van der Waals surface area contributed by atoms with E-state index in [-0.39, 0.29) is 11.6 Å². The van der Waals surface area contributed by atoms with Crippen LogP contribution in [0.15, 0.2) is 18.2 Å². The second-order valence-electron chi connectivity index (χ2n) is 5.22. The highest BCUT2D eigenvalue weighted by molar-refractivity contribution is 5.95. The molecule has 0 saturated heterocycles. The first-order valence-corrected chi connectivity index (χ1v) is 6.63. The highest BCUT2D eigenvalue weighted by Gasteiger charge is 2.20. The van der Waals surface area contributed by atoms with Gasteiger partial charge in [0, 0.05) is 39.3 Å². The number of aliphatic hydroxyl groups excluding tert-OH is 1. The molecule has 116 valence electrons. The third kappa shape index (κ3) is 4.42. The Labute approximate surface area is 123 Å². The molecule has 1 rings (SSSR count). The first-order chi connectivity index (χ1) is 9.73. The van der Waals surface area contributed by atoms with Gasteiger partial charge in [0.05, 0.1) is 11.0 Å². The maximum absolute atomic E-state index is 12.0. The summed E-state index contributed by atoms with van der Waals surface area (Å²) < 4.78 is 0. The summed E-state index contributed by atoms with van der Waals surface area (Å²) in [6.45, 7) is 2.12. The van der Waals surface area contributed by atoms with E-state index in [2.05, 4.69) is 0 Å². The lowest BCUT2D eigenvalue weighted by atomic mass is 10.1. The summed E-state index contributed by atoms with van der Waals surface area (Å²) in [6, 6.07) is 4.31. The quantitative estimate of drug-likeness (QED) is 0.635. The van der Waals surface area contributed by atoms with Crippen LogP contribution in [0.3, 0.4) is 0 Å². The van der Waals surface area contributed by atoms with Crippen LogP contribution in [0.1, 0.15) is 23.7 Å². The van der Waals surface area contributed by atoms with Gasteiger partial charge in [-0.15, -0.1) is 0 Å². The molecule has 0 aliphatic heterocycles.